The molecular weight excluding hydrogens is 192 g/mol. The second-order valence-corrected chi connectivity index (χ2v) is 4.92. The maximum atomic E-state index is 11.5. The lowest BCUT2D eigenvalue weighted by Crippen LogP contribution is -2.39. The van der Waals surface area contributed by atoms with Crippen LogP contribution in [0, 0.1) is 11.3 Å². The Bertz CT molecular complexity index is 260. The number of carboxylic acid groups (broad SMARTS) is 1. The van der Waals surface area contributed by atoms with Crippen molar-refractivity contribution in [3.63, 3.8) is 0 Å². The summed E-state index contributed by atoms with van der Waals surface area (Å²) < 4.78 is 0. The van der Waals surface area contributed by atoms with E-state index in [0.717, 1.165) is 12.8 Å². The molecule has 3 heteroatoms. The third-order valence-electron chi connectivity index (χ3n) is 3.31. The van der Waals surface area contributed by atoms with Crippen LogP contribution in [0.4, 0.5) is 0 Å². The van der Waals surface area contributed by atoms with Gasteiger partial charge in [-0.15, -0.1) is 0 Å². The van der Waals surface area contributed by atoms with Gasteiger partial charge in [0, 0.05) is 12.8 Å². The zero-order chi connectivity index (χ0) is 11.5. The minimum Gasteiger partial charge on any atom is -0.481 e. The molecule has 1 fully saturated rings. The van der Waals surface area contributed by atoms with E-state index in [2.05, 4.69) is 0 Å². The van der Waals surface area contributed by atoms with Gasteiger partial charge >= 0.3 is 5.97 Å². The molecule has 0 aliphatic heterocycles. The molecule has 0 spiro atoms. The van der Waals surface area contributed by atoms with Crippen LogP contribution < -0.4 is 0 Å². The third kappa shape index (κ3) is 2.80. The monoisotopic (exact) mass is 212 g/mol. The Morgan fingerprint density at radius 2 is 2.27 bits per heavy atom. The fourth-order valence-electron chi connectivity index (χ4n) is 2.63. The molecule has 1 aliphatic carbocycles. The van der Waals surface area contributed by atoms with Crippen molar-refractivity contribution >= 4 is 11.8 Å². The van der Waals surface area contributed by atoms with Gasteiger partial charge in [0.15, 0.2) is 0 Å². The molecule has 86 valence electrons. The summed E-state index contributed by atoms with van der Waals surface area (Å²) in [6.07, 6.45) is 3.99. The fraction of sp³-hybridized carbons (Fsp3) is 0.833. The number of hydrogen-bond acceptors (Lipinski definition) is 2. The Hall–Kier alpha value is -0.860. The predicted octanol–water partition coefficient (Wildman–Crippen LogP) is 2.64. The molecule has 2 atom stereocenters. The van der Waals surface area contributed by atoms with E-state index >= 15 is 0 Å². The van der Waals surface area contributed by atoms with E-state index in [0.29, 0.717) is 19.3 Å². The molecule has 0 radical (unpaired) electrons. The normalized spacial score (nSPS) is 31.6. The largest absolute Gasteiger partial charge is 0.481 e. The van der Waals surface area contributed by atoms with Crippen LogP contribution >= 0.6 is 0 Å². The van der Waals surface area contributed by atoms with Crippen LogP contribution in [0.5, 0.6) is 0 Å². The van der Waals surface area contributed by atoms with Crippen molar-refractivity contribution in [1.82, 2.24) is 0 Å². The van der Waals surface area contributed by atoms with Crippen LogP contribution in [0.15, 0.2) is 0 Å². The molecule has 0 saturated heterocycles. The van der Waals surface area contributed by atoms with Crippen molar-refractivity contribution in [3.05, 3.63) is 0 Å². The minimum atomic E-state index is -0.782. The molecule has 3 nitrogen and oxygen atoms in total. The SMILES string of the molecule is CCCCC1(C(=O)O)CC(=O)CC(C)C1. The minimum absolute atomic E-state index is 0.118. The van der Waals surface area contributed by atoms with Crippen LogP contribution in [0.25, 0.3) is 0 Å². The molecule has 0 aromatic carbocycles. The van der Waals surface area contributed by atoms with Crippen molar-refractivity contribution in [3.8, 4) is 0 Å². The van der Waals surface area contributed by atoms with Crippen LogP contribution in [-0.2, 0) is 9.59 Å². The van der Waals surface area contributed by atoms with Gasteiger partial charge in [0.2, 0.25) is 0 Å². The molecule has 0 aromatic heterocycles. The molecule has 1 rings (SSSR count). The predicted molar refractivity (Wildman–Crippen MR) is 57.6 cm³/mol. The summed E-state index contributed by atoms with van der Waals surface area (Å²) in [4.78, 5) is 22.8. The summed E-state index contributed by atoms with van der Waals surface area (Å²) in [5.74, 6) is -0.442. The Labute approximate surface area is 90.9 Å². The number of carboxylic acids is 1. The number of ketones is 1. The van der Waals surface area contributed by atoms with Crippen molar-refractivity contribution in [1.29, 1.82) is 0 Å². The van der Waals surface area contributed by atoms with Gasteiger partial charge in [-0.2, -0.15) is 0 Å². The molecule has 0 aromatic rings. The standard InChI is InChI=1S/C12H20O3/c1-3-4-5-12(11(14)15)7-9(2)6-10(13)8-12/h9H,3-8H2,1-2H3,(H,14,15). The molecule has 15 heavy (non-hydrogen) atoms. The summed E-state index contributed by atoms with van der Waals surface area (Å²) in [5.41, 5.74) is -0.759. The van der Waals surface area contributed by atoms with Crippen molar-refractivity contribution < 1.29 is 14.7 Å². The van der Waals surface area contributed by atoms with Crippen LogP contribution in [0.3, 0.4) is 0 Å². The summed E-state index contributed by atoms with van der Waals surface area (Å²) in [7, 11) is 0. The average Bonchev–Trinajstić information content (AvgIpc) is 2.13. The van der Waals surface area contributed by atoms with Gasteiger partial charge in [-0.3, -0.25) is 9.59 Å². The van der Waals surface area contributed by atoms with Crippen molar-refractivity contribution in [2.24, 2.45) is 11.3 Å². The molecule has 0 heterocycles. The average molecular weight is 212 g/mol. The van der Waals surface area contributed by atoms with E-state index in [-0.39, 0.29) is 18.1 Å². The second kappa shape index (κ2) is 4.77. The number of rotatable bonds is 4. The number of Topliss-reactive ketones (excluding diaryl/α,β-unsaturated/α-hetero) is 1. The Morgan fingerprint density at radius 3 is 2.73 bits per heavy atom. The lowest BCUT2D eigenvalue weighted by Gasteiger charge is -2.35. The first-order valence-corrected chi connectivity index (χ1v) is 5.75. The zero-order valence-electron chi connectivity index (χ0n) is 9.58. The highest BCUT2D eigenvalue weighted by atomic mass is 16.4. The third-order valence-corrected chi connectivity index (χ3v) is 3.31. The number of carbonyl (C=O) groups excluding carboxylic acids is 1. The van der Waals surface area contributed by atoms with Gasteiger partial charge in [-0.25, -0.2) is 0 Å². The van der Waals surface area contributed by atoms with E-state index < -0.39 is 11.4 Å². The molecule has 2 unspecified atom stereocenters. The summed E-state index contributed by atoms with van der Waals surface area (Å²) in [6, 6.07) is 0. The van der Waals surface area contributed by atoms with E-state index in [1.807, 2.05) is 13.8 Å². The molecular formula is C12H20O3. The highest BCUT2D eigenvalue weighted by molar-refractivity contribution is 5.87. The Morgan fingerprint density at radius 1 is 1.60 bits per heavy atom. The first-order chi connectivity index (χ1) is 7.00. The molecule has 0 amide bonds. The highest BCUT2D eigenvalue weighted by Crippen LogP contribution is 2.41. The fourth-order valence-corrected chi connectivity index (χ4v) is 2.63. The van der Waals surface area contributed by atoms with Gasteiger partial charge in [-0.05, 0) is 18.8 Å². The van der Waals surface area contributed by atoms with Crippen molar-refractivity contribution in [2.45, 2.75) is 52.4 Å². The maximum absolute atomic E-state index is 11.5. The number of aliphatic carboxylic acids is 1. The van der Waals surface area contributed by atoms with E-state index in [1.165, 1.54) is 0 Å². The first-order valence-electron chi connectivity index (χ1n) is 5.75. The first kappa shape index (κ1) is 12.2. The van der Waals surface area contributed by atoms with Gasteiger partial charge in [0.1, 0.15) is 5.78 Å². The second-order valence-electron chi connectivity index (χ2n) is 4.92. The summed E-state index contributed by atoms with van der Waals surface area (Å²) in [6.45, 7) is 4.02. The van der Waals surface area contributed by atoms with Gasteiger partial charge in [0.25, 0.3) is 0 Å². The van der Waals surface area contributed by atoms with Gasteiger partial charge in [0.05, 0.1) is 5.41 Å². The van der Waals surface area contributed by atoms with Crippen LogP contribution in [0.1, 0.15) is 52.4 Å². The Balaban J connectivity index is 2.79. The lowest BCUT2D eigenvalue weighted by atomic mass is 9.67. The summed E-state index contributed by atoms with van der Waals surface area (Å²) >= 11 is 0. The molecule has 1 saturated carbocycles. The van der Waals surface area contributed by atoms with Gasteiger partial charge < -0.3 is 5.11 Å². The Kier molecular flexibility index (Phi) is 3.89. The topological polar surface area (TPSA) is 54.4 Å². The molecule has 1 aliphatic rings. The zero-order valence-corrected chi connectivity index (χ0v) is 9.58. The van der Waals surface area contributed by atoms with Gasteiger partial charge in [-0.1, -0.05) is 26.7 Å². The van der Waals surface area contributed by atoms with E-state index in [4.69, 9.17) is 0 Å². The van der Waals surface area contributed by atoms with Crippen LogP contribution in [0.2, 0.25) is 0 Å². The quantitative estimate of drug-likeness (QED) is 0.779. The van der Waals surface area contributed by atoms with E-state index in [1.54, 1.807) is 0 Å². The highest BCUT2D eigenvalue weighted by Gasteiger charge is 2.44. The van der Waals surface area contributed by atoms with Crippen LogP contribution in [-0.4, -0.2) is 16.9 Å². The molecule has 0 bridgehead atoms. The van der Waals surface area contributed by atoms with E-state index in [9.17, 15) is 14.7 Å². The lowest BCUT2D eigenvalue weighted by molar-refractivity contribution is -0.156. The van der Waals surface area contributed by atoms with Crippen molar-refractivity contribution in [2.75, 3.05) is 0 Å². The summed E-state index contributed by atoms with van der Waals surface area (Å²) in [5, 5.41) is 9.30. The smallest absolute Gasteiger partial charge is 0.310 e. The number of hydrogen-bond donors (Lipinski definition) is 1. The number of carbonyl (C=O) groups is 2. The number of unbranched alkanes of at least 4 members (excludes halogenated alkanes) is 1. The molecule has 1 N–H and O–H groups in total. The maximum Gasteiger partial charge on any atom is 0.310 e.